The van der Waals surface area contributed by atoms with Gasteiger partial charge < -0.3 is 14.8 Å². The van der Waals surface area contributed by atoms with E-state index in [1.807, 2.05) is 32.0 Å². The van der Waals surface area contributed by atoms with Crippen LogP contribution in [-0.2, 0) is 33.5 Å². The molecule has 28 heavy (non-hydrogen) atoms. The zero-order valence-corrected chi connectivity index (χ0v) is 16.7. The normalized spacial score (nSPS) is 19.9. The summed E-state index contributed by atoms with van der Waals surface area (Å²) in [6.45, 7) is 4.65. The smallest absolute Gasteiger partial charge is 0.225 e. The number of benzene rings is 2. The van der Waals surface area contributed by atoms with Crippen molar-refractivity contribution >= 4 is 5.91 Å². The number of ether oxygens (including phenoxy) is 2. The largest absolute Gasteiger partial charge is 0.373 e. The Balaban J connectivity index is 1.37. The molecule has 0 aromatic heterocycles. The lowest BCUT2D eigenvalue weighted by molar-refractivity contribution is -0.140. The van der Waals surface area contributed by atoms with Gasteiger partial charge in [0.2, 0.25) is 5.91 Å². The number of carbonyl (C=O) groups excluding carboxylic acids is 1. The van der Waals surface area contributed by atoms with Gasteiger partial charge in [0, 0.05) is 5.92 Å². The number of rotatable bonds is 8. The van der Waals surface area contributed by atoms with Gasteiger partial charge in [0.05, 0.1) is 18.8 Å². The Morgan fingerprint density at radius 3 is 2.32 bits per heavy atom. The molecule has 0 spiro atoms. The fourth-order valence-corrected chi connectivity index (χ4v) is 4.15. The highest BCUT2D eigenvalue weighted by Gasteiger charge is 2.35. The van der Waals surface area contributed by atoms with E-state index >= 15 is 0 Å². The molecule has 4 nitrogen and oxygen atoms in total. The van der Waals surface area contributed by atoms with Crippen molar-refractivity contribution in [2.75, 3.05) is 6.61 Å². The summed E-state index contributed by atoms with van der Waals surface area (Å²) in [6, 6.07) is 18.7. The van der Waals surface area contributed by atoms with E-state index in [0.29, 0.717) is 0 Å². The Bertz CT molecular complexity index is 789. The third kappa shape index (κ3) is 5.00. The molecule has 1 heterocycles. The fraction of sp³-hybridized carbons (Fsp3) is 0.458. The molecule has 1 saturated heterocycles. The molecule has 1 aliphatic heterocycles. The lowest BCUT2D eigenvalue weighted by Crippen LogP contribution is -2.50. The number of carbonyl (C=O) groups is 1. The summed E-state index contributed by atoms with van der Waals surface area (Å²) < 4.78 is 11.7. The topological polar surface area (TPSA) is 50.9 Å². The molecule has 0 bridgehead atoms. The van der Waals surface area contributed by atoms with Gasteiger partial charge in [0.1, 0.15) is 5.72 Å². The van der Waals surface area contributed by atoms with Crippen molar-refractivity contribution in [2.24, 2.45) is 5.92 Å². The first-order valence-electron chi connectivity index (χ1n) is 10.2. The van der Waals surface area contributed by atoms with E-state index in [4.69, 9.17) is 9.47 Å². The second kappa shape index (κ2) is 8.06. The number of epoxide rings is 1. The standard InChI is InChI=1S/C24H29NO3/c1-24(2,28-21-13-18-10-6-7-11-19(18)14-21)25-23(26)20(15-22-16-27-22)12-17-8-4-3-5-9-17/h3-11,20-22H,12-16H2,1-2H3,(H,25,26). The molecule has 1 aliphatic carbocycles. The minimum absolute atomic E-state index is 0.0415. The quantitative estimate of drug-likeness (QED) is 0.562. The van der Waals surface area contributed by atoms with Crippen molar-refractivity contribution < 1.29 is 14.3 Å². The van der Waals surface area contributed by atoms with Crippen LogP contribution in [0.5, 0.6) is 0 Å². The minimum Gasteiger partial charge on any atom is -0.373 e. The van der Waals surface area contributed by atoms with Crippen molar-refractivity contribution in [1.29, 1.82) is 0 Å². The van der Waals surface area contributed by atoms with Crippen LogP contribution < -0.4 is 5.32 Å². The third-order valence-electron chi connectivity index (χ3n) is 5.54. The molecular weight excluding hydrogens is 350 g/mol. The molecule has 4 rings (SSSR count). The number of fused-ring (bicyclic) bond motifs is 1. The van der Waals surface area contributed by atoms with E-state index in [0.717, 1.165) is 32.3 Å². The second-order valence-electron chi connectivity index (χ2n) is 8.49. The summed E-state index contributed by atoms with van der Waals surface area (Å²) in [4.78, 5) is 13.1. The average Bonchev–Trinajstić information content (AvgIpc) is 3.38. The number of hydrogen-bond donors (Lipinski definition) is 1. The number of hydrogen-bond acceptors (Lipinski definition) is 3. The first kappa shape index (κ1) is 19.2. The molecule has 1 fully saturated rings. The Kier molecular flexibility index (Phi) is 5.51. The maximum absolute atomic E-state index is 13.1. The Morgan fingerprint density at radius 2 is 1.71 bits per heavy atom. The molecule has 4 heteroatoms. The highest BCUT2D eigenvalue weighted by molar-refractivity contribution is 5.79. The van der Waals surface area contributed by atoms with Gasteiger partial charge >= 0.3 is 0 Å². The highest BCUT2D eigenvalue weighted by atomic mass is 16.6. The molecule has 2 aliphatic rings. The van der Waals surface area contributed by atoms with E-state index in [1.54, 1.807) is 0 Å². The SMILES string of the molecule is CC(C)(NC(=O)C(Cc1ccccc1)CC1CO1)OC1Cc2ccccc2C1. The van der Waals surface area contributed by atoms with Gasteiger partial charge in [0.15, 0.2) is 0 Å². The summed E-state index contributed by atoms with van der Waals surface area (Å²) in [6.07, 6.45) is 3.60. The van der Waals surface area contributed by atoms with Gasteiger partial charge in [-0.3, -0.25) is 4.79 Å². The molecule has 2 atom stereocenters. The molecule has 2 aromatic rings. The summed E-state index contributed by atoms with van der Waals surface area (Å²) >= 11 is 0. The maximum atomic E-state index is 13.1. The molecule has 148 valence electrons. The number of amides is 1. The van der Waals surface area contributed by atoms with Crippen molar-refractivity contribution in [3.63, 3.8) is 0 Å². The van der Waals surface area contributed by atoms with E-state index in [2.05, 4.69) is 41.7 Å². The Hall–Kier alpha value is -2.17. The molecule has 2 aromatic carbocycles. The molecule has 2 unspecified atom stereocenters. The third-order valence-corrected chi connectivity index (χ3v) is 5.54. The van der Waals surface area contributed by atoms with Crippen LogP contribution in [0.2, 0.25) is 0 Å². The van der Waals surface area contributed by atoms with Crippen molar-refractivity contribution in [1.82, 2.24) is 5.32 Å². The van der Waals surface area contributed by atoms with E-state index < -0.39 is 5.72 Å². The van der Waals surface area contributed by atoms with Crippen LogP contribution in [0.25, 0.3) is 0 Å². The summed E-state index contributed by atoms with van der Waals surface area (Å²) in [5.74, 6) is -0.0709. The lowest BCUT2D eigenvalue weighted by atomic mass is 9.93. The predicted molar refractivity (Wildman–Crippen MR) is 109 cm³/mol. The zero-order valence-electron chi connectivity index (χ0n) is 16.7. The summed E-state index contributed by atoms with van der Waals surface area (Å²) in [5.41, 5.74) is 3.17. The van der Waals surface area contributed by atoms with Crippen molar-refractivity contribution in [3.8, 4) is 0 Å². The van der Waals surface area contributed by atoms with Crippen LogP contribution in [0.3, 0.4) is 0 Å². The van der Waals surface area contributed by atoms with Crippen molar-refractivity contribution in [3.05, 3.63) is 71.3 Å². The highest BCUT2D eigenvalue weighted by Crippen LogP contribution is 2.27. The fourth-order valence-electron chi connectivity index (χ4n) is 4.15. The Morgan fingerprint density at radius 1 is 1.11 bits per heavy atom. The monoisotopic (exact) mass is 379 g/mol. The van der Waals surface area contributed by atoms with E-state index in [1.165, 1.54) is 16.7 Å². The summed E-state index contributed by atoms with van der Waals surface area (Å²) in [5, 5.41) is 3.15. The van der Waals surface area contributed by atoms with Gasteiger partial charge in [-0.15, -0.1) is 0 Å². The molecule has 0 saturated carbocycles. The van der Waals surface area contributed by atoms with Gasteiger partial charge in [-0.05, 0) is 56.2 Å². The van der Waals surface area contributed by atoms with Gasteiger partial charge in [-0.25, -0.2) is 0 Å². The van der Waals surface area contributed by atoms with Crippen LogP contribution in [0.15, 0.2) is 54.6 Å². The van der Waals surface area contributed by atoms with Gasteiger partial charge in [0.25, 0.3) is 0 Å². The Labute approximate surface area is 167 Å². The molecule has 1 amide bonds. The molecule has 1 N–H and O–H groups in total. The van der Waals surface area contributed by atoms with Crippen LogP contribution in [-0.4, -0.2) is 30.4 Å². The zero-order chi connectivity index (χ0) is 19.6. The lowest BCUT2D eigenvalue weighted by Gasteiger charge is -2.32. The van der Waals surface area contributed by atoms with E-state index in [-0.39, 0.29) is 24.0 Å². The van der Waals surface area contributed by atoms with Crippen LogP contribution in [0, 0.1) is 5.92 Å². The minimum atomic E-state index is -0.705. The second-order valence-corrected chi connectivity index (χ2v) is 8.49. The van der Waals surface area contributed by atoms with Gasteiger partial charge in [-0.2, -0.15) is 0 Å². The predicted octanol–water partition coefficient (Wildman–Crippen LogP) is 3.67. The first-order valence-corrected chi connectivity index (χ1v) is 10.2. The van der Waals surface area contributed by atoms with Crippen LogP contribution in [0.1, 0.15) is 37.0 Å². The van der Waals surface area contributed by atoms with Crippen molar-refractivity contribution in [2.45, 2.75) is 57.5 Å². The van der Waals surface area contributed by atoms with Crippen LogP contribution in [0.4, 0.5) is 0 Å². The first-order chi connectivity index (χ1) is 13.5. The summed E-state index contributed by atoms with van der Waals surface area (Å²) in [7, 11) is 0. The maximum Gasteiger partial charge on any atom is 0.225 e. The molecule has 0 radical (unpaired) electrons. The number of nitrogens with one attached hydrogen (secondary N) is 1. The van der Waals surface area contributed by atoms with E-state index in [9.17, 15) is 4.79 Å². The van der Waals surface area contributed by atoms with Gasteiger partial charge in [-0.1, -0.05) is 54.6 Å². The molecular formula is C24H29NO3. The average molecular weight is 380 g/mol. The van der Waals surface area contributed by atoms with Crippen LogP contribution >= 0.6 is 0 Å².